The number of nitriles is 1. The molecule has 1 aliphatic rings. The first kappa shape index (κ1) is 33.6. The third-order valence-electron chi connectivity index (χ3n) is 8.47. The summed E-state index contributed by atoms with van der Waals surface area (Å²) in [6.45, 7) is 14.5. The van der Waals surface area contributed by atoms with E-state index < -0.39 is 25.4 Å². The number of ether oxygens (including phenoxy) is 1. The van der Waals surface area contributed by atoms with E-state index in [4.69, 9.17) is 31.4 Å². The van der Waals surface area contributed by atoms with Crippen LogP contribution in [0.4, 0.5) is 0 Å². The van der Waals surface area contributed by atoms with Crippen molar-refractivity contribution in [3.05, 3.63) is 41.2 Å². The molecule has 4 aromatic rings. The molecule has 1 fully saturated rings. The monoisotopic (exact) mass is 662 g/mol. The lowest BCUT2D eigenvalue weighted by Gasteiger charge is -2.37. The van der Waals surface area contributed by atoms with Crippen molar-refractivity contribution >= 4 is 53.6 Å². The lowest BCUT2D eigenvalue weighted by molar-refractivity contribution is -0.137. The van der Waals surface area contributed by atoms with Gasteiger partial charge in [0.05, 0.1) is 23.3 Å². The molecule has 1 aliphatic heterocycles. The van der Waals surface area contributed by atoms with E-state index in [1.807, 2.05) is 46.0 Å². The molecule has 0 bridgehead atoms. The normalized spacial score (nSPS) is 15.3. The van der Waals surface area contributed by atoms with Crippen LogP contribution in [-0.4, -0.2) is 74.8 Å². The number of piperidine rings is 1. The molecule has 5 rings (SSSR count). The van der Waals surface area contributed by atoms with Gasteiger partial charge < -0.3 is 19.5 Å². The summed E-state index contributed by atoms with van der Waals surface area (Å²) in [6.07, 6.45) is 4.61. The molecule has 1 aromatic carbocycles. The molecule has 0 aliphatic carbocycles. The molecule has 13 heteroatoms. The Morgan fingerprint density at radius 2 is 1.93 bits per heavy atom. The number of amides is 2. The lowest BCUT2D eigenvalue weighted by Crippen LogP contribution is -2.56. The zero-order valence-electron chi connectivity index (χ0n) is 27.7. The number of fused-ring (bicyclic) bond motifs is 2. The Morgan fingerprint density at radius 1 is 1.22 bits per heavy atom. The summed E-state index contributed by atoms with van der Waals surface area (Å²) in [7, 11) is 0.557. The van der Waals surface area contributed by atoms with E-state index in [9.17, 15) is 14.9 Å². The average Bonchev–Trinajstić information content (AvgIpc) is 3.53. The summed E-state index contributed by atoms with van der Waals surface area (Å²) in [5.74, 6) is -0.628. The number of halogens is 1. The second kappa shape index (κ2) is 13.1. The van der Waals surface area contributed by atoms with Crippen LogP contribution in [0, 0.1) is 22.7 Å². The molecule has 11 nitrogen and oxygen atoms in total. The topological polar surface area (TPSA) is 131 Å². The van der Waals surface area contributed by atoms with Crippen molar-refractivity contribution in [3.8, 4) is 17.5 Å². The summed E-state index contributed by atoms with van der Waals surface area (Å²) >= 11 is 6.34. The molecule has 3 aromatic heterocycles. The minimum absolute atomic E-state index is 0.0501. The van der Waals surface area contributed by atoms with Crippen LogP contribution in [0.2, 0.25) is 30.7 Å². The number of aromatic nitrogens is 5. The Morgan fingerprint density at radius 3 is 2.59 bits per heavy atom. The number of hydrogen-bond donors (Lipinski definition) is 1. The maximum absolute atomic E-state index is 14.1. The molecular weight excluding hydrogens is 620 g/mol. The summed E-state index contributed by atoms with van der Waals surface area (Å²) in [5.41, 5.74) is 2.59. The van der Waals surface area contributed by atoms with Gasteiger partial charge in [0, 0.05) is 57.3 Å². The van der Waals surface area contributed by atoms with Crippen LogP contribution in [0.5, 0.6) is 0 Å². The van der Waals surface area contributed by atoms with Crippen molar-refractivity contribution in [2.24, 2.45) is 18.4 Å². The van der Waals surface area contributed by atoms with E-state index in [2.05, 4.69) is 31.0 Å². The van der Waals surface area contributed by atoms with Crippen LogP contribution >= 0.6 is 11.6 Å². The molecule has 0 saturated carbocycles. The Hall–Kier alpha value is -3.79. The fourth-order valence-electron chi connectivity index (χ4n) is 5.67. The van der Waals surface area contributed by atoms with Crippen LogP contribution < -0.4 is 5.32 Å². The molecule has 1 atom stereocenters. The van der Waals surface area contributed by atoms with Gasteiger partial charge in [-0.05, 0) is 42.5 Å². The van der Waals surface area contributed by atoms with E-state index in [0.717, 1.165) is 16.9 Å². The standard InChI is InChI=1S/C33H43ClN8O3Si/c1-33(2,3)29(32(44)41-12-10-21(17-35)11-13-41)38-31(43)24-19-42(20-45-14-15-46(5,6)7)30-28(24)37-25(18-36-30)27-23-16-22(34)8-9-26(23)40(4)39-27/h8-9,16,18-19,21,29H,10-15,20H2,1-7H3,(H,38,43)/t29-/m0/s1. The average molecular weight is 663 g/mol. The van der Waals surface area contributed by atoms with E-state index in [0.29, 0.717) is 65.7 Å². The number of nitrogens with one attached hydrogen (secondary N) is 1. The van der Waals surface area contributed by atoms with E-state index >= 15 is 0 Å². The molecule has 244 valence electrons. The second-order valence-corrected chi connectivity index (χ2v) is 20.5. The summed E-state index contributed by atoms with van der Waals surface area (Å²) in [4.78, 5) is 39.3. The summed E-state index contributed by atoms with van der Waals surface area (Å²) < 4.78 is 9.59. The third kappa shape index (κ3) is 7.27. The molecule has 46 heavy (non-hydrogen) atoms. The van der Waals surface area contributed by atoms with Gasteiger partial charge in [0.1, 0.15) is 29.7 Å². The molecule has 1 N–H and O–H groups in total. The van der Waals surface area contributed by atoms with Gasteiger partial charge in [0.15, 0.2) is 5.65 Å². The van der Waals surface area contributed by atoms with Crippen molar-refractivity contribution in [2.45, 2.75) is 72.1 Å². The highest BCUT2D eigenvalue weighted by molar-refractivity contribution is 6.76. The smallest absolute Gasteiger partial charge is 0.255 e. The van der Waals surface area contributed by atoms with Gasteiger partial charge in [0.25, 0.3) is 5.91 Å². The van der Waals surface area contributed by atoms with E-state index in [-0.39, 0.29) is 18.6 Å². The summed E-state index contributed by atoms with van der Waals surface area (Å²) in [5, 5.41) is 18.4. The Bertz CT molecular complexity index is 1810. The highest BCUT2D eigenvalue weighted by Gasteiger charge is 2.37. The number of rotatable bonds is 9. The number of carbonyl (C=O) groups excluding carboxylic acids is 2. The van der Waals surface area contributed by atoms with Gasteiger partial charge >= 0.3 is 0 Å². The zero-order chi connectivity index (χ0) is 33.4. The molecule has 0 unspecified atom stereocenters. The van der Waals surface area contributed by atoms with Crippen LogP contribution in [0.1, 0.15) is 44.0 Å². The maximum atomic E-state index is 14.1. The van der Waals surface area contributed by atoms with Gasteiger partial charge in [-0.2, -0.15) is 10.4 Å². The molecule has 4 heterocycles. The van der Waals surface area contributed by atoms with Crippen molar-refractivity contribution in [3.63, 3.8) is 0 Å². The minimum atomic E-state index is -1.30. The SMILES string of the molecule is Cn1nc(-c2cnc3c(n2)c(C(=O)N[C@@H](C(=O)N2CCC(C#N)CC2)C(C)(C)C)cn3COCC[Si](C)(C)C)c2cc(Cl)ccc21. The molecular formula is C33H43ClN8O3Si. The van der Waals surface area contributed by atoms with Crippen molar-refractivity contribution in [2.75, 3.05) is 19.7 Å². The first-order valence-electron chi connectivity index (χ1n) is 15.7. The largest absolute Gasteiger partial charge is 0.361 e. The van der Waals surface area contributed by atoms with Crippen LogP contribution in [0.15, 0.2) is 30.6 Å². The van der Waals surface area contributed by atoms with Crippen LogP contribution in [0.3, 0.4) is 0 Å². The van der Waals surface area contributed by atoms with E-state index in [1.165, 1.54) is 0 Å². The Kier molecular flexibility index (Phi) is 9.59. The predicted octanol–water partition coefficient (Wildman–Crippen LogP) is 5.86. The molecule has 2 amide bonds. The number of hydrogen-bond acceptors (Lipinski definition) is 7. The molecule has 0 radical (unpaired) electrons. The number of nitrogens with zero attached hydrogens (tertiary/aromatic N) is 7. The van der Waals surface area contributed by atoms with Crippen molar-refractivity contribution in [1.82, 2.24) is 34.5 Å². The highest BCUT2D eigenvalue weighted by atomic mass is 35.5. The lowest BCUT2D eigenvalue weighted by atomic mass is 9.85. The van der Waals surface area contributed by atoms with Gasteiger partial charge in [-0.1, -0.05) is 52.0 Å². The Labute approximate surface area is 275 Å². The van der Waals surface area contributed by atoms with Crippen molar-refractivity contribution < 1.29 is 14.3 Å². The van der Waals surface area contributed by atoms with Gasteiger partial charge in [0.2, 0.25) is 5.91 Å². The van der Waals surface area contributed by atoms with Gasteiger partial charge in [-0.15, -0.1) is 0 Å². The number of carbonyl (C=O) groups is 2. The molecule has 1 saturated heterocycles. The Balaban J connectivity index is 1.51. The van der Waals surface area contributed by atoms with Crippen LogP contribution in [-0.2, 0) is 23.3 Å². The highest BCUT2D eigenvalue weighted by Crippen LogP contribution is 2.31. The first-order chi connectivity index (χ1) is 21.7. The summed E-state index contributed by atoms with van der Waals surface area (Å²) in [6, 6.07) is 8.08. The zero-order valence-corrected chi connectivity index (χ0v) is 29.5. The number of likely N-dealkylation sites (tertiary alicyclic amines) is 1. The maximum Gasteiger partial charge on any atom is 0.255 e. The second-order valence-electron chi connectivity index (χ2n) is 14.4. The molecule has 0 spiro atoms. The van der Waals surface area contributed by atoms with Gasteiger partial charge in [-0.25, -0.2) is 9.97 Å². The quantitative estimate of drug-likeness (QED) is 0.176. The van der Waals surface area contributed by atoms with Crippen LogP contribution in [0.25, 0.3) is 33.5 Å². The first-order valence-corrected chi connectivity index (χ1v) is 19.8. The van der Waals surface area contributed by atoms with Gasteiger partial charge in [-0.3, -0.25) is 14.3 Å². The number of benzene rings is 1. The van der Waals surface area contributed by atoms with Crippen molar-refractivity contribution in [1.29, 1.82) is 5.26 Å². The fraction of sp³-hybridized carbons (Fsp3) is 0.515. The van der Waals surface area contributed by atoms with E-state index in [1.54, 1.807) is 26.5 Å². The fourth-order valence-corrected chi connectivity index (χ4v) is 6.60. The minimum Gasteiger partial charge on any atom is -0.361 e. The predicted molar refractivity (Wildman–Crippen MR) is 182 cm³/mol. The number of aryl methyl sites for hydroxylation is 1. The third-order valence-corrected chi connectivity index (χ3v) is 10.4.